The lowest BCUT2D eigenvalue weighted by atomic mass is 10.1. The molecule has 3 nitrogen and oxygen atoms in total. The van der Waals surface area contributed by atoms with Gasteiger partial charge in [-0.3, -0.25) is 4.98 Å². The van der Waals surface area contributed by atoms with Crippen molar-refractivity contribution in [1.29, 1.82) is 0 Å². The Bertz CT molecular complexity index is 545. The molecule has 20 heavy (non-hydrogen) atoms. The molecule has 0 aliphatic carbocycles. The van der Waals surface area contributed by atoms with Gasteiger partial charge >= 0.3 is 0 Å². The predicted octanol–water partition coefficient (Wildman–Crippen LogP) is 3.98. The van der Waals surface area contributed by atoms with Crippen LogP contribution in [-0.2, 0) is 6.61 Å². The van der Waals surface area contributed by atoms with Crippen LogP contribution in [0, 0.1) is 0 Å². The molecule has 1 N–H and O–H groups in total. The lowest BCUT2D eigenvalue weighted by Crippen LogP contribution is -2.18. The Balaban J connectivity index is 2.14. The molecule has 4 heteroatoms. The fourth-order valence-electron chi connectivity index (χ4n) is 2.05. The molecule has 1 atom stereocenters. The van der Waals surface area contributed by atoms with Gasteiger partial charge < -0.3 is 10.1 Å². The number of aromatic nitrogens is 1. The van der Waals surface area contributed by atoms with Crippen molar-refractivity contribution in [2.75, 3.05) is 6.54 Å². The maximum atomic E-state index is 6.08. The van der Waals surface area contributed by atoms with E-state index in [-0.39, 0.29) is 6.04 Å². The number of nitrogens with zero attached hydrogens (tertiary/aromatic N) is 1. The van der Waals surface area contributed by atoms with E-state index in [1.165, 1.54) is 0 Å². The number of hydrogen-bond donors (Lipinski definition) is 1. The Kier molecular flexibility index (Phi) is 5.39. The average Bonchev–Trinajstić information content (AvgIpc) is 2.47. The monoisotopic (exact) mass is 290 g/mol. The van der Waals surface area contributed by atoms with E-state index >= 15 is 0 Å². The van der Waals surface area contributed by atoms with Crippen LogP contribution in [0.2, 0.25) is 5.02 Å². The standard InChI is InChI=1S/C16H19ClN2O/c1-3-19-12(2)15-9-14(17)6-7-16(15)20-11-13-5-4-8-18-10-13/h4-10,12,19H,3,11H2,1-2H3. The van der Waals surface area contributed by atoms with Gasteiger partial charge in [0.2, 0.25) is 0 Å². The summed E-state index contributed by atoms with van der Waals surface area (Å²) in [6.45, 7) is 5.58. The smallest absolute Gasteiger partial charge is 0.124 e. The lowest BCUT2D eigenvalue weighted by Gasteiger charge is -2.18. The third-order valence-corrected chi connectivity index (χ3v) is 3.30. The number of ether oxygens (including phenoxy) is 1. The molecule has 0 saturated carbocycles. The Labute approximate surface area is 124 Å². The summed E-state index contributed by atoms with van der Waals surface area (Å²) >= 11 is 6.08. The van der Waals surface area contributed by atoms with Crippen molar-refractivity contribution in [2.24, 2.45) is 0 Å². The van der Waals surface area contributed by atoms with Crippen LogP contribution in [0.4, 0.5) is 0 Å². The highest BCUT2D eigenvalue weighted by molar-refractivity contribution is 6.30. The Morgan fingerprint density at radius 3 is 2.90 bits per heavy atom. The molecule has 0 aliphatic heterocycles. The number of rotatable bonds is 6. The third kappa shape index (κ3) is 3.95. The molecule has 0 radical (unpaired) electrons. The maximum Gasteiger partial charge on any atom is 0.124 e. The topological polar surface area (TPSA) is 34.1 Å². The van der Waals surface area contributed by atoms with Crippen LogP contribution < -0.4 is 10.1 Å². The van der Waals surface area contributed by atoms with E-state index in [9.17, 15) is 0 Å². The fourth-order valence-corrected chi connectivity index (χ4v) is 2.23. The summed E-state index contributed by atoms with van der Waals surface area (Å²) in [4.78, 5) is 4.08. The van der Waals surface area contributed by atoms with E-state index in [1.807, 2.05) is 36.5 Å². The minimum Gasteiger partial charge on any atom is -0.489 e. The number of benzene rings is 1. The van der Waals surface area contributed by atoms with Gasteiger partial charge in [-0.05, 0) is 37.7 Å². The first-order valence-electron chi connectivity index (χ1n) is 6.75. The first-order chi connectivity index (χ1) is 9.70. The third-order valence-electron chi connectivity index (χ3n) is 3.07. The Hall–Kier alpha value is -1.58. The predicted molar refractivity (Wildman–Crippen MR) is 82.1 cm³/mol. The van der Waals surface area contributed by atoms with E-state index in [2.05, 4.69) is 24.1 Å². The molecule has 0 saturated heterocycles. The molecule has 2 rings (SSSR count). The average molecular weight is 291 g/mol. The van der Waals surface area contributed by atoms with E-state index in [1.54, 1.807) is 6.20 Å². The summed E-state index contributed by atoms with van der Waals surface area (Å²) in [6.07, 6.45) is 3.56. The van der Waals surface area contributed by atoms with Crippen molar-refractivity contribution < 1.29 is 4.74 Å². The van der Waals surface area contributed by atoms with E-state index in [0.717, 1.165) is 28.4 Å². The molecule has 106 valence electrons. The van der Waals surface area contributed by atoms with Crippen molar-refractivity contribution in [1.82, 2.24) is 10.3 Å². The number of nitrogens with one attached hydrogen (secondary N) is 1. The Morgan fingerprint density at radius 1 is 1.35 bits per heavy atom. The van der Waals surface area contributed by atoms with Crippen molar-refractivity contribution in [2.45, 2.75) is 26.5 Å². The summed E-state index contributed by atoms with van der Waals surface area (Å²) in [6, 6.07) is 9.82. The number of pyridine rings is 1. The fraction of sp³-hybridized carbons (Fsp3) is 0.312. The number of halogens is 1. The Morgan fingerprint density at radius 2 is 2.20 bits per heavy atom. The minimum absolute atomic E-state index is 0.197. The zero-order valence-electron chi connectivity index (χ0n) is 11.8. The van der Waals surface area contributed by atoms with Gasteiger partial charge in [0.1, 0.15) is 12.4 Å². The summed E-state index contributed by atoms with van der Waals surface area (Å²) in [5.74, 6) is 0.853. The normalized spacial score (nSPS) is 12.2. The first kappa shape index (κ1) is 14.8. The van der Waals surface area contributed by atoms with Crippen LogP contribution in [-0.4, -0.2) is 11.5 Å². The highest BCUT2D eigenvalue weighted by atomic mass is 35.5. The molecule has 0 spiro atoms. The molecule has 0 fully saturated rings. The maximum absolute atomic E-state index is 6.08. The van der Waals surface area contributed by atoms with Gasteiger partial charge in [0, 0.05) is 34.6 Å². The van der Waals surface area contributed by atoms with Crippen molar-refractivity contribution >= 4 is 11.6 Å². The van der Waals surface area contributed by atoms with Gasteiger partial charge in [0.15, 0.2) is 0 Å². The van der Waals surface area contributed by atoms with Crippen LogP contribution >= 0.6 is 11.6 Å². The van der Waals surface area contributed by atoms with Crippen LogP contribution in [0.3, 0.4) is 0 Å². The lowest BCUT2D eigenvalue weighted by molar-refractivity contribution is 0.299. The van der Waals surface area contributed by atoms with Gasteiger partial charge in [0.05, 0.1) is 0 Å². The summed E-state index contributed by atoms with van der Waals surface area (Å²) in [5.41, 5.74) is 2.12. The first-order valence-corrected chi connectivity index (χ1v) is 7.13. The molecule has 1 aromatic heterocycles. The second kappa shape index (κ2) is 7.27. The van der Waals surface area contributed by atoms with Gasteiger partial charge in [-0.2, -0.15) is 0 Å². The van der Waals surface area contributed by atoms with Crippen molar-refractivity contribution in [3.63, 3.8) is 0 Å². The SMILES string of the molecule is CCNC(C)c1cc(Cl)ccc1OCc1cccnc1. The molecular formula is C16H19ClN2O. The number of hydrogen-bond acceptors (Lipinski definition) is 3. The van der Waals surface area contributed by atoms with E-state index in [4.69, 9.17) is 16.3 Å². The second-order valence-corrected chi connectivity index (χ2v) is 5.05. The molecule has 1 heterocycles. The molecule has 0 bridgehead atoms. The van der Waals surface area contributed by atoms with Crippen molar-refractivity contribution in [3.8, 4) is 5.75 Å². The van der Waals surface area contributed by atoms with Crippen LogP contribution in [0.25, 0.3) is 0 Å². The molecule has 1 unspecified atom stereocenters. The van der Waals surface area contributed by atoms with Gasteiger partial charge in [-0.15, -0.1) is 0 Å². The molecule has 0 aliphatic rings. The largest absolute Gasteiger partial charge is 0.489 e. The highest BCUT2D eigenvalue weighted by Gasteiger charge is 2.11. The molecule has 0 amide bonds. The van der Waals surface area contributed by atoms with Crippen LogP contribution in [0.15, 0.2) is 42.7 Å². The van der Waals surface area contributed by atoms with Crippen LogP contribution in [0.5, 0.6) is 5.75 Å². The van der Waals surface area contributed by atoms with E-state index in [0.29, 0.717) is 6.61 Å². The summed E-state index contributed by atoms with van der Waals surface area (Å²) < 4.78 is 5.91. The van der Waals surface area contributed by atoms with Crippen LogP contribution in [0.1, 0.15) is 31.0 Å². The zero-order chi connectivity index (χ0) is 14.4. The van der Waals surface area contributed by atoms with E-state index < -0.39 is 0 Å². The second-order valence-electron chi connectivity index (χ2n) is 4.61. The minimum atomic E-state index is 0.197. The van der Waals surface area contributed by atoms with Gasteiger partial charge in [-0.25, -0.2) is 0 Å². The van der Waals surface area contributed by atoms with Gasteiger partial charge in [-0.1, -0.05) is 24.6 Å². The van der Waals surface area contributed by atoms with Crippen molar-refractivity contribution in [3.05, 3.63) is 58.9 Å². The quantitative estimate of drug-likeness (QED) is 0.873. The zero-order valence-corrected chi connectivity index (χ0v) is 12.5. The molecule has 1 aromatic carbocycles. The van der Waals surface area contributed by atoms with Gasteiger partial charge in [0.25, 0.3) is 0 Å². The summed E-state index contributed by atoms with van der Waals surface area (Å²) in [7, 11) is 0. The summed E-state index contributed by atoms with van der Waals surface area (Å²) in [5, 5.41) is 4.10. The highest BCUT2D eigenvalue weighted by Crippen LogP contribution is 2.29. The molecule has 2 aromatic rings. The molecular weight excluding hydrogens is 272 g/mol.